The van der Waals surface area contributed by atoms with Crippen LogP contribution in [0.4, 0.5) is 22.0 Å². The van der Waals surface area contributed by atoms with Crippen LogP contribution in [0.2, 0.25) is 0 Å². The fraction of sp³-hybridized carbons (Fsp3) is 0.833. The van der Waals surface area contributed by atoms with Crippen molar-refractivity contribution in [3.8, 4) is 0 Å². The molecule has 0 bridgehead atoms. The highest BCUT2D eigenvalue weighted by Crippen LogP contribution is 2.43. The molecule has 8 nitrogen and oxygen atoms in total. The molecule has 0 spiro atoms. The maximum atomic E-state index is 14.9. The number of alkyl halides is 5. The average molecular weight is 538 g/mol. The van der Waals surface area contributed by atoms with Gasteiger partial charge in [0.1, 0.15) is 6.04 Å². The first kappa shape index (κ1) is 27.7. The molecule has 4 aliphatic rings. The van der Waals surface area contributed by atoms with Crippen LogP contribution < -0.4 is 10.6 Å². The number of fused-ring (bicyclic) bond motifs is 1. The summed E-state index contributed by atoms with van der Waals surface area (Å²) in [6.07, 6.45) is -4.73. The van der Waals surface area contributed by atoms with Gasteiger partial charge in [-0.15, -0.1) is 13.2 Å². The van der Waals surface area contributed by atoms with Crippen molar-refractivity contribution in [2.24, 2.45) is 29.6 Å². The third kappa shape index (κ3) is 6.06. The molecule has 208 valence electrons. The quantitative estimate of drug-likeness (QED) is 0.401. The van der Waals surface area contributed by atoms with Crippen molar-refractivity contribution in [3.05, 3.63) is 0 Å². The van der Waals surface area contributed by atoms with Crippen molar-refractivity contribution in [1.29, 1.82) is 0 Å². The molecular formula is C24H32F5N3O5. The molecule has 2 heterocycles. The number of carbonyl (C=O) groups is 4. The molecule has 0 aromatic rings. The number of amides is 4. The molecular weight excluding hydrogens is 505 g/mol. The lowest BCUT2D eigenvalue weighted by Gasteiger charge is -2.37. The maximum absolute atomic E-state index is 14.9. The molecule has 13 heteroatoms. The van der Waals surface area contributed by atoms with E-state index in [4.69, 9.17) is 0 Å². The molecule has 4 fully saturated rings. The molecule has 2 saturated carbocycles. The van der Waals surface area contributed by atoms with Crippen LogP contribution in [-0.4, -0.2) is 66.0 Å². The van der Waals surface area contributed by atoms with E-state index < -0.39 is 48.1 Å². The van der Waals surface area contributed by atoms with E-state index >= 15 is 0 Å². The fourth-order valence-electron chi connectivity index (χ4n) is 6.47. The molecule has 2 N–H and O–H groups in total. The van der Waals surface area contributed by atoms with Gasteiger partial charge in [-0.1, -0.05) is 6.92 Å². The van der Waals surface area contributed by atoms with Gasteiger partial charge in [-0.2, -0.15) is 8.78 Å². The first-order chi connectivity index (χ1) is 17.3. The molecule has 4 rings (SSSR count). The number of piperidine rings is 1. The second-order valence-corrected chi connectivity index (χ2v) is 10.9. The van der Waals surface area contributed by atoms with Gasteiger partial charge in [0.05, 0.1) is 6.10 Å². The van der Waals surface area contributed by atoms with Gasteiger partial charge in [-0.25, -0.2) is 0 Å². The van der Waals surface area contributed by atoms with Crippen LogP contribution in [0.1, 0.15) is 58.3 Å². The molecule has 2 aliphatic carbocycles. The van der Waals surface area contributed by atoms with Crippen LogP contribution in [0.5, 0.6) is 0 Å². The van der Waals surface area contributed by atoms with Crippen LogP contribution in [0.15, 0.2) is 0 Å². The minimum Gasteiger partial charge on any atom is -0.351 e. The number of halogens is 5. The predicted molar refractivity (Wildman–Crippen MR) is 118 cm³/mol. The molecule has 0 radical (unpaired) electrons. The normalized spacial score (nSPS) is 35.2. The highest BCUT2D eigenvalue weighted by Gasteiger charge is 2.52. The minimum atomic E-state index is -4.84. The third-order valence-electron chi connectivity index (χ3n) is 8.45. The van der Waals surface area contributed by atoms with Gasteiger partial charge < -0.3 is 10.2 Å². The average Bonchev–Trinajstić information content (AvgIpc) is 3.13. The van der Waals surface area contributed by atoms with E-state index in [9.17, 15) is 41.1 Å². The van der Waals surface area contributed by atoms with Gasteiger partial charge in [0.15, 0.2) is 0 Å². The first-order valence-electron chi connectivity index (χ1n) is 12.8. The largest absolute Gasteiger partial charge is 0.522 e. The van der Waals surface area contributed by atoms with Gasteiger partial charge in [-0.05, 0) is 62.7 Å². The molecule has 0 aromatic carbocycles. The van der Waals surface area contributed by atoms with E-state index in [2.05, 4.69) is 15.4 Å². The molecule has 37 heavy (non-hydrogen) atoms. The van der Waals surface area contributed by atoms with Crippen molar-refractivity contribution in [3.63, 3.8) is 0 Å². The van der Waals surface area contributed by atoms with E-state index in [1.807, 2.05) is 0 Å². The van der Waals surface area contributed by atoms with E-state index in [0.717, 1.165) is 0 Å². The summed E-state index contributed by atoms with van der Waals surface area (Å²) in [6.45, 7) is 1.76. The number of hydrogen-bond donors (Lipinski definition) is 2. The van der Waals surface area contributed by atoms with Crippen LogP contribution in [0.3, 0.4) is 0 Å². The van der Waals surface area contributed by atoms with Gasteiger partial charge in [0, 0.05) is 31.3 Å². The lowest BCUT2D eigenvalue weighted by molar-refractivity contribution is -0.352. The molecule has 7 unspecified atom stereocenters. The Morgan fingerprint density at radius 3 is 2.43 bits per heavy atom. The number of rotatable bonds is 6. The maximum Gasteiger partial charge on any atom is 0.522 e. The van der Waals surface area contributed by atoms with Crippen molar-refractivity contribution >= 4 is 23.6 Å². The highest BCUT2D eigenvalue weighted by atomic mass is 19.4. The molecule has 7 atom stereocenters. The first-order valence-corrected chi connectivity index (χ1v) is 12.8. The van der Waals surface area contributed by atoms with Gasteiger partial charge in [0.2, 0.25) is 17.7 Å². The van der Waals surface area contributed by atoms with Gasteiger partial charge in [-0.3, -0.25) is 29.2 Å². The number of ether oxygens (including phenoxy) is 1. The smallest absolute Gasteiger partial charge is 0.351 e. The fourth-order valence-corrected chi connectivity index (χ4v) is 6.47. The highest BCUT2D eigenvalue weighted by molar-refractivity contribution is 6.02. The standard InChI is InChI=1S/C24H32F5N3O5/c1-12-8-15(3-6-18(12)37-24(27,28)29)23(25,26)22(36)30-10-13-2-4-16-14(9-13)11-32(21(16)35)17-5-7-19(33)31-20(17)34/h12-18H,2-11H2,1H3,(H,30,36)(H,31,33,34). The summed E-state index contributed by atoms with van der Waals surface area (Å²) in [5, 5.41) is 4.59. The van der Waals surface area contributed by atoms with Crippen molar-refractivity contribution in [2.45, 2.75) is 82.7 Å². The Labute approximate surface area is 211 Å². The summed E-state index contributed by atoms with van der Waals surface area (Å²) in [5.41, 5.74) is 0. The number of likely N-dealkylation sites (tertiary alicyclic amines) is 1. The second-order valence-electron chi connectivity index (χ2n) is 10.9. The van der Waals surface area contributed by atoms with Crippen molar-refractivity contribution in [1.82, 2.24) is 15.5 Å². The Bertz CT molecular complexity index is 929. The van der Waals surface area contributed by atoms with E-state index in [1.165, 1.54) is 11.8 Å². The number of hydrogen-bond acceptors (Lipinski definition) is 5. The Morgan fingerprint density at radius 1 is 1.05 bits per heavy atom. The summed E-state index contributed by atoms with van der Waals surface area (Å²) in [6, 6.07) is -0.688. The minimum absolute atomic E-state index is 0.00628. The summed E-state index contributed by atoms with van der Waals surface area (Å²) in [5.74, 6) is -8.75. The van der Waals surface area contributed by atoms with Crippen LogP contribution in [-0.2, 0) is 23.9 Å². The zero-order valence-corrected chi connectivity index (χ0v) is 20.5. The number of nitrogens with one attached hydrogen (secondary N) is 2. The summed E-state index contributed by atoms with van der Waals surface area (Å²) >= 11 is 0. The van der Waals surface area contributed by atoms with Gasteiger partial charge >= 0.3 is 12.3 Å². The number of imide groups is 1. The van der Waals surface area contributed by atoms with Gasteiger partial charge in [0.25, 0.3) is 5.91 Å². The Kier molecular flexibility index (Phi) is 7.83. The van der Waals surface area contributed by atoms with Crippen LogP contribution >= 0.6 is 0 Å². The molecule has 2 aliphatic heterocycles. The topological polar surface area (TPSA) is 105 Å². The van der Waals surface area contributed by atoms with Crippen LogP contribution in [0, 0.1) is 29.6 Å². The zero-order valence-electron chi connectivity index (χ0n) is 20.5. The third-order valence-corrected chi connectivity index (χ3v) is 8.45. The molecule has 0 aromatic heterocycles. The van der Waals surface area contributed by atoms with Crippen molar-refractivity contribution < 1.29 is 45.9 Å². The zero-order chi connectivity index (χ0) is 27.1. The lowest BCUT2D eigenvalue weighted by atomic mass is 9.75. The van der Waals surface area contributed by atoms with E-state index in [-0.39, 0.29) is 68.2 Å². The summed E-state index contributed by atoms with van der Waals surface area (Å²) in [4.78, 5) is 50.5. The number of nitrogens with zero attached hydrogens (tertiary/aromatic N) is 1. The monoisotopic (exact) mass is 537 g/mol. The summed E-state index contributed by atoms with van der Waals surface area (Å²) in [7, 11) is 0. The Balaban J connectivity index is 1.27. The lowest BCUT2D eigenvalue weighted by Crippen LogP contribution is -2.53. The molecule has 4 amide bonds. The Morgan fingerprint density at radius 2 is 1.78 bits per heavy atom. The van der Waals surface area contributed by atoms with E-state index in [0.29, 0.717) is 25.8 Å². The predicted octanol–water partition coefficient (Wildman–Crippen LogP) is 2.76. The summed E-state index contributed by atoms with van der Waals surface area (Å²) < 4.78 is 71.4. The Hall–Kier alpha value is -2.31. The van der Waals surface area contributed by atoms with Crippen molar-refractivity contribution in [2.75, 3.05) is 13.1 Å². The second kappa shape index (κ2) is 10.5. The SMILES string of the molecule is CC1CC(C(F)(F)C(=O)NCC2CCC3C(=O)N(C4CCC(=O)NC4=O)CC3C2)CCC1OC(F)(F)F. The van der Waals surface area contributed by atoms with Crippen LogP contribution in [0.25, 0.3) is 0 Å². The van der Waals surface area contributed by atoms with E-state index in [1.54, 1.807) is 0 Å². The molecule has 2 saturated heterocycles. The number of carbonyl (C=O) groups excluding carboxylic acids is 4.